The summed E-state index contributed by atoms with van der Waals surface area (Å²) < 4.78 is 0. The molecule has 1 atom stereocenters. The first-order valence-electron chi connectivity index (χ1n) is 7.07. The first-order valence-corrected chi connectivity index (χ1v) is 7.95. The van der Waals surface area contributed by atoms with Gasteiger partial charge in [-0.1, -0.05) is 12.8 Å². The minimum Gasteiger partial charge on any atom is -0.308 e. The zero-order valence-electron chi connectivity index (χ0n) is 11.4. The van der Waals surface area contributed by atoms with Gasteiger partial charge in [0.15, 0.2) is 0 Å². The van der Waals surface area contributed by atoms with Crippen molar-refractivity contribution in [3.8, 4) is 0 Å². The smallest absolute Gasteiger partial charge is 0.0798 e. The molecule has 1 aliphatic carbocycles. The Hall–Kier alpha value is -0.450. The number of rotatable bonds is 2. The highest BCUT2D eigenvalue weighted by molar-refractivity contribution is 7.09. The van der Waals surface area contributed by atoms with Crippen LogP contribution in [0.1, 0.15) is 43.2 Å². The maximum atomic E-state index is 4.37. The van der Waals surface area contributed by atoms with Gasteiger partial charge in [0, 0.05) is 36.1 Å². The minimum absolute atomic E-state index is 0.422. The molecule has 1 spiro atoms. The van der Waals surface area contributed by atoms with Crippen molar-refractivity contribution in [1.82, 2.24) is 15.2 Å². The maximum absolute atomic E-state index is 4.37. The molecule has 0 bridgehead atoms. The van der Waals surface area contributed by atoms with E-state index in [0.29, 0.717) is 11.6 Å². The fraction of sp³-hybridized carbons (Fsp3) is 0.786. The lowest BCUT2D eigenvalue weighted by atomic mass is 9.92. The SMILES string of the molecule is Cc1ncsc1CN1CC2(CCCC2)NCC1C. The molecule has 1 aliphatic heterocycles. The molecule has 0 amide bonds. The monoisotopic (exact) mass is 265 g/mol. The van der Waals surface area contributed by atoms with E-state index in [1.54, 1.807) is 11.3 Å². The van der Waals surface area contributed by atoms with Crippen molar-refractivity contribution < 1.29 is 0 Å². The number of aryl methyl sites for hydroxylation is 1. The fourth-order valence-electron chi connectivity index (χ4n) is 3.35. The third-order valence-corrected chi connectivity index (χ3v) is 5.57. The van der Waals surface area contributed by atoms with Crippen molar-refractivity contribution in [1.29, 1.82) is 0 Å². The third-order valence-electron chi connectivity index (χ3n) is 4.65. The van der Waals surface area contributed by atoms with Crippen LogP contribution in [0.15, 0.2) is 5.51 Å². The topological polar surface area (TPSA) is 28.2 Å². The molecule has 4 heteroatoms. The van der Waals surface area contributed by atoms with Gasteiger partial charge in [-0.05, 0) is 26.7 Å². The second-order valence-corrected chi connectivity index (χ2v) is 6.92. The summed E-state index contributed by atoms with van der Waals surface area (Å²) >= 11 is 1.80. The quantitative estimate of drug-likeness (QED) is 0.891. The van der Waals surface area contributed by atoms with Crippen LogP contribution in [-0.4, -0.2) is 34.6 Å². The summed E-state index contributed by atoms with van der Waals surface area (Å²) in [6, 6.07) is 0.637. The number of aromatic nitrogens is 1. The lowest BCUT2D eigenvalue weighted by Gasteiger charge is -2.45. The van der Waals surface area contributed by atoms with Crippen LogP contribution in [-0.2, 0) is 6.54 Å². The predicted octanol–water partition coefficient (Wildman–Crippen LogP) is 2.56. The van der Waals surface area contributed by atoms with Gasteiger partial charge in [0.2, 0.25) is 0 Å². The molecule has 18 heavy (non-hydrogen) atoms. The molecule has 2 heterocycles. The molecule has 1 N–H and O–H groups in total. The summed E-state index contributed by atoms with van der Waals surface area (Å²) in [6.45, 7) is 7.90. The summed E-state index contributed by atoms with van der Waals surface area (Å²) in [5.74, 6) is 0. The average Bonchev–Trinajstić information content (AvgIpc) is 2.96. The van der Waals surface area contributed by atoms with Crippen LogP contribution in [0.2, 0.25) is 0 Å². The van der Waals surface area contributed by atoms with Crippen molar-refractivity contribution >= 4 is 11.3 Å². The summed E-state index contributed by atoms with van der Waals surface area (Å²) in [5, 5.41) is 3.81. The normalized spacial score (nSPS) is 28.0. The van der Waals surface area contributed by atoms with Crippen LogP contribution in [0.3, 0.4) is 0 Å². The Labute approximate surface area is 114 Å². The molecule has 0 aromatic carbocycles. The number of thiazole rings is 1. The molecule has 1 unspecified atom stereocenters. The van der Waals surface area contributed by atoms with Crippen molar-refractivity contribution in [2.45, 2.75) is 57.7 Å². The number of hydrogen-bond donors (Lipinski definition) is 1. The highest BCUT2D eigenvalue weighted by atomic mass is 32.1. The van der Waals surface area contributed by atoms with Gasteiger partial charge in [-0.2, -0.15) is 0 Å². The van der Waals surface area contributed by atoms with E-state index >= 15 is 0 Å². The Morgan fingerprint density at radius 1 is 1.50 bits per heavy atom. The van der Waals surface area contributed by atoms with Crippen LogP contribution in [0.4, 0.5) is 0 Å². The van der Waals surface area contributed by atoms with Gasteiger partial charge in [-0.15, -0.1) is 11.3 Å². The third kappa shape index (κ3) is 2.33. The van der Waals surface area contributed by atoms with Crippen molar-refractivity contribution in [3.63, 3.8) is 0 Å². The maximum Gasteiger partial charge on any atom is 0.0798 e. The van der Waals surface area contributed by atoms with Crippen LogP contribution >= 0.6 is 11.3 Å². The standard InChI is InChI=1S/C14H23N3S/c1-11-7-16-14(5-3-4-6-14)9-17(11)8-13-12(2)15-10-18-13/h10-11,16H,3-9H2,1-2H3. The van der Waals surface area contributed by atoms with Crippen molar-refractivity contribution in [2.75, 3.05) is 13.1 Å². The molecule has 2 fully saturated rings. The van der Waals surface area contributed by atoms with E-state index in [1.807, 2.05) is 5.51 Å². The minimum atomic E-state index is 0.422. The zero-order valence-corrected chi connectivity index (χ0v) is 12.2. The number of hydrogen-bond acceptors (Lipinski definition) is 4. The first-order chi connectivity index (χ1) is 8.69. The van der Waals surface area contributed by atoms with E-state index in [9.17, 15) is 0 Å². The Bertz CT molecular complexity index is 409. The number of nitrogens with zero attached hydrogens (tertiary/aromatic N) is 2. The molecule has 3 rings (SSSR count). The summed E-state index contributed by atoms with van der Waals surface area (Å²) in [7, 11) is 0. The summed E-state index contributed by atoms with van der Waals surface area (Å²) in [4.78, 5) is 8.47. The molecule has 1 aromatic rings. The largest absolute Gasteiger partial charge is 0.308 e. The molecule has 100 valence electrons. The Morgan fingerprint density at radius 2 is 2.28 bits per heavy atom. The molecule has 3 nitrogen and oxygen atoms in total. The van der Waals surface area contributed by atoms with E-state index in [0.717, 1.165) is 13.1 Å². The number of piperazine rings is 1. The van der Waals surface area contributed by atoms with Gasteiger partial charge in [0.1, 0.15) is 0 Å². The summed E-state index contributed by atoms with van der Waals surface area (Å²) in [6.07, 6.45) is 5.51. The van der Waals surface area contributed by atoms with Crippen LogP contribution in [0.25, 0.3) is 0 Å². The summed E-state index contributed by atoms with van der Waals surface area (Å²) in [5.41, 5.74) is 3.61. The first kappa shape index (κ1) is 12.6. The fourth-order valence-corrected chi connectivity index (χ4v) is 4.16. The molecule has 0 radical (unpaired) electrons. The van der Waals surface area contributed by atoms with Crippen LogP contribution < -0.4 is 5.32 Å². The van der Waals surface area contributed by atoms with Gasteiger partial charge in [-0.3, -0.25) is 4.90 Å². The van der Waals surface area contributed by atoms with Gasteiger partial charge in [-0.25, -0.2) is 4.98 Å². The van der Waals surface area contributed by atoms with Gasteiger partial charge in [0.05, 0.1) is 11.2 Å². The lowest BCUT2D eigenvalue weighted by Crippen LogP contribution is -2.61. The van der Waals surface area contributed by atoms with Crippen molar-refractivity contribution in [3.05, 3.63) is 16.1 Å². The lowest BCUT2D eigenvalue weighted by molar-refractivity contribution is 0.0833. The van der Waals surface area contributed by atoms with E-state index in [4.69, 9.17) is 0 Å². The predicted molar refractivity (Wildman–Crippen MR) is 75.9 cm³/mol. The van der Waals surface area contributed by atoms with Crippen LogP contribution in [0.5, 0.6) is 0 Å². The van der Waals surface area contributed by atoms with Gasteiger partial charge < -0.3 is 5.32 Å². The Balaban J connectivity index is 1.72. The second kappa shape index (κ2) is 4.91. The Kier molecular flexibility index (Phi) is 3.43. The molecule has 1 saturated carbocycles. The Morgan fingerprint density at radius 3 is 2.94 bits per heavy atom. The second-order valence-electron chi connectivity index (χ2n) is 5.98. The molecular formula is C14H23N3S. The van der Waals surface area contributed by atoms with Gasteiger partial charge in [0.25, 0.3) is 0 Å². The van der Waals surface area contributed by atoms with Gasteiger partial charge >= 0.3 is 0 Å². The van der Waals surface area contributed by atoms with E-state index in [2.05, 4.69) is 29.0 Å². The molecular weight excluding hydrogens is 242 g/mol. The van der Waals surface area contributed by atoms with E-state index in [-0.39, 0.29) is 0 Å². The molecule has 2 aliphatic rings. The highest BCUT2D eigenvalue weighted by Crippen LogP contribution is 2.34. The van der Waals surface area contributed by atoms with Crippen molar-refractivity contribution in [2.24, 2.45) is 0 Å². The highest BCUT2D eigenvalue weighted by Gasteiger charge is 2.39. The number of nitrogens with one attached hydrogen (secondary N) is 1. The molecule has 1 aromatic heterocycles. The average molecular weight is 265 g/mol. The molecule has 1 saturated heterocycles. The van der Waals surface area contributed by atoms with Crippen LogP contribution in [0, 0.1) is 6.92 Å². The van der Waals surface area contributed by atoms with E-state index < -0.39 is 0 Å². The zero-order chi connectivity index (χ0) is 12.6. The van der Waals surface area contributed by atoms with E-state index in [1.165, 1.54) is 42.8 Å².